The minimum atomic E-state index is -1.03. The van der Waals surface area contributed by atoms with Gasteiger partial charge in [0.25, 0.3) is 11.8 Å². The number of likely N-dealkylation sites (tertiary alicyclic amines) is 1. The second-order valence-corrected chi connectivity index (χ2v) is 18.3. The third kappa shape index (κ3) is 8.48. The van der Waals surface area contributed by atoms with E-state index in [1.807, 2.05) is 52.0 Å². The number of fused-ring (bicyclic) bond motifs is 2. The van der Waals surface area contributed by atoms with E-state index in [-0.39, 0.29) is 29.7 Å². The molecule has 0 bridgehead atoms. The standard InChI is InChI=1S/C43H58N6O6/c1-8-20-44-38(53)33(50)30(21-25-16-17-25)46-37(52)32-31-28(42(31,5)6)24-49(32)40(55)35(41(2,3)4)48-39(54)34(43(7)18-12-9-13-19-43)47-36(51)27-22-26-14-10-11-15-29(26)45-23-27/h8,10-11,14-15,22-23,25,28,30-32,34-35H,1,9,12-13,16-21,24H2,2-7H3,(H,44,53)(H,46,52)(H,47,51)(H,48,54)/t28-,30?,31?,32-,34+,35+/m0/s1. The maximum Gasteiger partial charge on any atom is 0.289 e. The molecule has 3 aliphatic carbocycles. The average molecular weight is 755 g/mol. The van der Waals surface area contributed by atoms with E-state index in [2.05, 4.69) is 46.7 Å². The molecule has 0 radical (unpaired) electrons. The molecular weight excluding hydrogens is 697 g/mol. The fourth-order valence-corrected chi connectivity index (χ4v) is 9.05. The van der Waals surface area contributed by atoms with Crippen molar-refractivity contribution in [2.24, 2.45) is 34.0 Å². The van der Waals surface area contributed by atoms with E-state index < -0.39 is 70.3 Å². The maximum atomic E-state index is 14.8. The Morgan fingerprint density at radius 1 is 0.982 bits per heavy atom. The molecule has 12 nitrogen and oxygen atoms in total. The predicted octanol–water partition coefficient (Wildman–Crippen LogP) is 4.47. The Labute approximate surface area is 324 Å². The second-order valence-electron chi connectivity index (χ2n) is 18.3. The van der Waals surface area contributed by atoms with Crippen LogP contribution in [-0.2, 0) is 24.0 Å². The van der Waals surface area contributed by atoms with E-state index in [1.165, 1.54) is 12.3 Å². The van der Waals surface area contributed by atoms with Gasteiger partial charge in [-0.15, -0.1) is 6.58 Å². The normalized spacial score (nSPS) is 24.0. The zero-order chi connectivity index (χ0) is 39.9. The number of para-hydroxylation sites is 1. The molecule has 4 N–H and O–H groups in total. The highest BCUT2D eigenvalue weighted by Crippen LogP contribution is 2.65. The molecule has 0 spiro atoms. The van der Waals surface area contributed by atoms with Crippen LogP contribution in [0.25, 0.3) is 10.9 Å². The van der Waals surface area contributed by atoms with E-state index in [9.17, 15) is 28.8 Å². The van der Waals surface area contributed by atoms with Crippen molar-refractivity contribution in [1.82, 2.24) is 31.2 Å². The third-order valence-electron chi connectivity index (χ3n) is 12.8. The van der Waals surface area contributed by atoms with Gasteiger partial charge in [0.2, 0.25) is 23.5 Å². The predicted molar refractivity (Wildman–Crippen MR) is 209 cm³/mol. The van der Waals surface area contributed by atoms with Crippen LogP contribution in [0.3, 0.4) is 0 Å². The first-order valence-corrected chi connectivity index (χ1v) is 20.0. The number of nitrogens with zero attached hydrogens (tertiary/aromatic N) is 2. The van der Waals surface area contributed by atoms with Gasteiger partial charge in [-0.25, -0.2) is 0 Å². The summed E-state index contributed by atoms with van der Waals surface area (Å²) in [5.41, 5.74) is -0.444. The summed E-state index contributed by atoms with van der Waals surface area (Å²) >= 11 is 0. The van der Waals surface area contributed by atoms with Gasteiger partial charge in [-0.05, 0) is 65.4 Å². The molecule has 4 aliphatic rings. The molecule has 55 heavy (non-hydrogen) atoms. The van der Waals surface area contributed by atoms with Crippen LogP contribution in [-0.4, -0.2) is 82.5 Å². The van der Waals surface area contributed by atoms with Crippen LogP contribution in [0, 0.1) is 34.0 Å². The number of nitrogens with one attached hydrogen (secondary N) is 4. The lowest BCUT2D eigenvalue weighted by atomic mass is 9.70. The fourth-order valence-electron chi connectivity index (χ4n) is 9.05. The summed E-state index contributed by atoms with van der Waals surface area (Å²) in [4.78, 5) is 89.5. The van der Waals surface area contributed by atoms with Crippen LogP contribution in [0.15, 0.2) is 49.2 Å². The molecule has 1 aromatic carbocycles. The SMILES string of the molecule is C=CCNC(=O)C(=O)C(CC1CC1)NC(=O)[C@@H]1C2[C@H](CN1C(=O)[C@@H](NC(=O)[C@@H](NC(=O)c1cnc3ccccc3c1)C1(C)CCCCC1)C(C)(C)C)C2(C)C. The largest absolute Gasteiger partial charge is 0.346 e. The number of carbonyl (C=O) groups is 6. The lowest BCUT2D eigenvalue weighted by Crippen LogP contribution is -2.64. The monoisotopic (exact) mass is 754 g/mol. The average Bonchev–Trinajstić information content (AvgIpc) is 4.01. The van der Waals surface area contributed by atoms with Crippen molar-refractivity contribution in [2.45, 2.75) is 117 Å². The van der Waals surface area contributed by atoms with Gasteiger partial charge in [0.05, 0.1) is 17.1 Å². The van der Waals surface area contributed by atoms with Gasteiger partial charge >= 0.3 is 0 Å². The molecule has 2 unspecified atom stereocenters. The van der Waals surface area contributed by atoms with Crippen LogP contribution in [0.2, 0.25) is 0 Å². The summed E-state index contributed by atoms with van der Waals surface area (Å²) in [6, 6.07) is 5.42. The highest BCUT2D eigenvalue weighted by atomic mass is 16.2. The Bertz CT molecular complexity index is 1860. The van der Waals surface area contributed by atoms with Gasteiger partial charge in [-0.1, -0.05) is 97.9 Å². The lowest BCUT2D eigenvalue weighted by molar-refractivity contribution is -0.147. The van der Waals surface area contributed by atoms with Crippen molar-refractivity contribution in [3.05, 3.63) is 54.7 Å². The van der Waals surface area contributed by atoms with Crippen molar-refractivity contribution >= 4 is 46.2 Å². The van der Waals surface area contributed by atoms with Gasteiger partial charge in [0.15, 0.2) is 0 Å². The molecule has 5 amide bonds. The fraction of sp³-hybridized carbons (Fsp3) is 0.605. The highest BCUT2D eigenvalue weighted by Gasteiger charge is 2.70. The minimum Gasteiger partial charge on any atom is -0.346 e. The molecule has 1 aromatic heterocycles. The van der Waals surface area contributed by atoms with Gasteiger partial charge in [-0.3, -0.25) is 33.8 Å². The highest BCUT2D eigenvalue weighted by molar-refractivity contribution is 6.38. The number of benzene rings is 1. The summed E-state index contributed by atoms with van der Waals surface area (Å²) < 4.78 is 0. The summed E-state index contributed by atoms with van der Waals surface area (Å²) in [6.45, 7) is 15.8. The van der Waals surface area contributed by atoms with E-state index >= 15 is 0 Å². The van der Waals surface area contributed by atoms with Crippen molar-refractivity contribution in [1.29, 1.82) is 0 Å². The first-order valence-electron chi connectivity index (χ1n) is 20.0. The molecular formula is C43H58N6O6. The molecule has 2 heterocycles. The van der Waals surface area contributed by atoms with Gasteiger partial charge in [-0.2, -0.15) is 0 Å². The first-order chi connectivity index (χ1) is 26.0. The van der Waals surface area contributed by atoms with Crippen molar-refractivity contribution < 1.29 is 28.8 Å². The molecule has 1 saturated heterocycles. The lowest BCUT2D eigenvalue weighted by Gasteiger charge is -2.42. The number of ketones is 1. The van der Waals surface area contributed by atoms with Crippen molar-refractivity contribution in [3.8, 4) is 0 Å². The van der Waals surface area contributed by atoms with E-state index in [0.29, 0.717) is 18.5 Å². The number of piperidine rings is 1. The van der Waals surface area contributed by atoms with E-state index in [1.54, 1.807) is 11.0 Å². The number of carbonyl (C=O) groups excluding carboxylic acids is 6. The molecule has 4 fully saturated rings. The molecule has 6 atom stereocenters. The topological polar surface area (TPSA) is 167 Å². The van der Waals surface area contributed by atoms with Crippen molar-refractivity contribution in [3.63, 3.8) is 0 Å². The smallest absolute Gasteiger partial charge is 0.289 e. The van der Waals surface area contributed by atoms with Gasteiger partial charge < -0.3 is 26.2 Å². The molecule has 3 saturated carbocycles. The van der Waals surface area contributed by atoms with Crippen LogP contribution in [0.5, 0.6) is 0 Å². The number of hydrogen-bond acceptors (Lipinski definition) is 7. The van der Waals surface area contributed by atoms with E-state index in [0.717, 1.165) is 55.8 Å². The van der Waals surface area contributed by atoms with Gasteiger partial charge in [0, 0.05) is 24.7 Å². The molecule has 6 rings (SSSR count). The van der Waals surface area contributed by atoms with Crippen LogP contribution in [0.1, 0.15) is 103 Å². The Balaban J connectivity index is 1.24. The number of Topliss-reactive ketones (excluding diaryl/α,β-unsaturated/α-hetero) is 1. The molecule has 1 aliphatic heterocycles. The number of pyridine rings is 1. The maximum absolute atomic E-state index is 14.8. The quantitative estimate of drug-likeness (QED) is 0.163. The Kier molecular flexibility index (Phi) is 11.3. The number of hydrogen-bond donors (Lipinski definition) is 4. The Hall–Kier alpha value is -4.61. The third-order valence-corrected chi connectivity index (χ3v) is 12.8. The van der Waals surface area contributed by atoms with Crippen LogP contribution in [0.4, 0.5) is 0 Å². The van der Waals surface area contributed by atoms with Crippen LogP contribution >= 0.6 is 0 Å². The molecule has 296 valence electrons. The zero-order valence-corrected chi connectivity index (χ0v) is 33.2. The number of rotatable bonds is 14. The Morgan fingerprint density at radius 2 is 1.67 bits per heavy atom. The van der Waals surface area contributed by atoms with Crippen molar-refractivity contribution in [2.75, 3.05) is 13.1 Å². The summed E-state index contributed by atoms with van der Waals surface area (Å²) in [5.74, 6) is -3.08. The van der Waals surface area contributed by atoms with E-state index in [4.69, 9.17) is 0 Å². The zero-order valence-electron chi connectivity index (χ0n) is 33.2. The summed E-state index contributed by atoms with van der Waals surface area (Å²) in [6.07, 6.45) is 9.53. The first kappa shape index (κ1) is 40.1. The number of aromatic nitrogens is 1. The second kappa shape index (κ2) is 15.5. The molecule has 2 aromatic rings. The Morgan fingerprint density at radius 3 is 2.33 bits per heavy atom. The van der Waals surface area contributed by atoms with Gasteiger partial charge in [0.1, 0.15) is 18.1 Å². The number of amides is 5. The summed E-state index contributed by atoms with van der Waals surface area (Å²) in [5, 5.41) is 12.3. The summed E-state index contributed by atoms with van der Waals surface area (Å²) in [7, 11) is 0. The minimum absolute atomic E-state index is 0.0562. The molecule has 12 heteroatoms. The van der Waals surface area contributed by atoms with Crippen LogP contribution < -0.4 is 21.3 Å².